The van der Waals surface area contributed by atoms with E-state index >= 15 is 0 Å². The van der Waals surface area contributed by atoms with Crippen LogP contribution in [0.2, 0.25) is 0 Å². The zero-order valence-electron chi connectivity index (χ0n) is 12.6. The Kier molecular flexibility index (Phi) is 3.15. The lowest BCUT2D eigenvalue weighted by Crippen LogP contribution is -2.44. The van der Waals surface area contributed by atoms with Crippen molar-refractivity contribution in [2.24, 2.45) is 0 Å². The second-order valence-corrected chi connectivity index (χ2v) is 5.99. The van der Waals surface area contributed by atoms with Crippen molar-refractivity contribution in [2.75, 3.05) is 6.61 Å². The van der Waals surface area contributed by atoms with Crippen LogP contribution in [-0.2, 0) is 4.74 Å². The van der Waals surface area contributed by atoms with Gasteiger partial charge in [0.15, 0.2) is 6.23 Å². The van der Waals surface area contributed by atoms with Gasteiger partial charge in [0, 0.05) is 0 Å². The molecule has 0 aromatic carbocycles. The van der Waals surface area contributed by atoms with Crippen molar-refractivity contribution in [2.45, 2.75) is 31.0 Å². The van der Waals surface area contributed by atoms with Gasteiger partial charge >= 0.3 is 0 Å². The predicted molar refractivity (Wildman–Crippen MR) is 80.8 cm³/mol. The molecule has 3 aromatic rings. The normalized spacial score (nSPS) is 30.4. The number of aromatic amines is 3. The van der Waals surface area contributed by atoms with Crippen molar-refractivity contribution in [3.8, 4) is 0 Å². The van der Waals surface area contributed by atoms with Crippen LogP contribution < -0.4 is 5.56 Å². The Morgan fingerprint density at radius 2 is 2.29 bits per heavy atom. The molecule has 1 saturated heterocycles. The fourth-order valence-corrected chi connectivity index (χ4v) is 3.08. The molecule has 0 bridgehead atoms. The van der Waals surface area contributed by atoms with Crippen molar-refractivity contribution in [3.05, 3.63) is 22.7 Å². The number of aliphatic hydroxyl groups excluding tert-OH is 2. The number of hydrogen-bond acceptors (Lipinski definition) is 7. The van der Waals surface area contributed by atoms with E-state index in [-0.39, 0.29) is 11.1 Å². The van der Waals surface area contributed by atoms with E-state index in [2.05, 4.69) is 25.5 Å². The van der Waals surface area contributed by atoms with Gasteiger partial charge in [0.2, 0.25) is 0 Å². The van der Waals surface area contributed by atoms with E-state index in [0.717, 1.165) is 0 Å². The monoisotopic (exact) mass is 336 g/mol. The summed E-state index contributed by atoms with van der Waals surface area (Å²) in [4.78, 5) is 14.7. The number of aromatic nitrogens is 6. The standard InChI is InChI=1S/C13H16N6O5/c1-13(23)10(21)7(4-20)24-12(13)19-3-6-8-5(17-19)2-14-18-16-9(8)11(22)15-6/h2-3,7,10,12,16,18,20-21,23H,4H2,1H3,(H,15,22)/t7-,10-,12-,13-/m1/s1. The first-order chi connectivity index (χ1) is 11.4. The molecule has 0 amide bonds. The minimum atomic E-state index is -1.68. The van der Waals surface area contributed by atoms with E-state index in [1.807, 2.05) is 0 Å². The summed E-state index contributed by atoms with van der Waals surface area (Å²) in [7, 11) is 0. The quantitative estimate of drug-likeness (QED) is 0.331. The third-order valence-corrected chi connectivity index (χ3v) is 4.34. The van der Waals surface area contributed by atoms with Crippen molar-refractivity contribution >= 4 is 21.9 Å². The van der Waals surface area contributed by atoms with Gasteiger partial charge in [0.1, 0.15) is 28.8 Å². The molecule has 3 aromatic heterocycles. The number of rotatable bonds is 2. The number of nitrogens with one attached hydrogen (secondary N) is 3. The summed E-state index contributed by atoms with van der Waals surface area (Å²) in [6.07, 6.45) is -0.372. The van der Waals surface area contributed by atoms with Gasteiger partial charge in [-0.1, -0.05) is 0 Å². The highest BCUT2D eigenvalue weighted by Gasteiger charge is 2.53. The average Bonchev–Trinajstić information content (AvgIpc) is 2.86. The first-order valence-corrected chi connectivity index (χ1v) is 7.29. The van der Waals surface area contributed by atoms with Gasteiger partial charge in [-0.2, -0.15) is 10.2 Å². The Labute approximate surface area is 133 Å². The van der Waals surface area contributed by atoms with Crippen LogP contribution in [0.25, 0.3) is 21.9 Å². The van der Waals surface area contributed by atoms with Crippen molar-refractivity contribution < 1.29 is 20.1 Å². The molecule has 24 heavy (non-hydrogen) atoms. The van der Waals surface area contributed by atoms with Crippen molar-refractivity contribution in [3.63, 3.8) is 0 Å². The summed E-state index contributed by atoms with van der Waals surface area (Å²) in [5, 5.41) is 43.9. The molecule has 11 heteroatoms. The maximum absolute atomic E-state index is 12.0. The summed E-state index contributed by atoms with van der Waals surface area (Å²) in [6.45, 7) is 0.946. The van der Waals surface area contributed by atoms with Crippen LogP contribution in [0.5, 0.6) is 0 Å². The Balaban J connectivity index is 1.95. The van der Waals surface area contributed by atoms with Crippen LogP contribution in [0.3, 0.4) is 0 Å². The highest BCUT2D eigenvalue weighted by Crippen LogP contribution is 2.38. The molecular weight excluding hydrogens is 320 g/mol. The summed E-state index contributed by atoms with van der Waals surface area (Å²) < 4.78 is 6.84. The second-order valence-electron chi connectivity index (χ2n) is 5.99. The molecule has 6 N–H and O–H groups in total. The van der Waals surface area contributed by atoms with Crippen LogP contribution in [0.1, 0.15) is 13.2 Å². The minimum absolute atomic E-state index is 0.282. The second kappa shape index (κ2) is 5.01. The molecular formula is C13H16N6O5. The first-order valence-electron chi connectivity index (χ1n) is 7.29. The highest BCUT2D eigenvalue weighted by molar-refractivity contribution is 6.04. The van der Waals surface area contributed by atoms with E-state index in [1.165, 1.54) is 24.0 Å². The molecule has 11 nitrogen and oxygen atoms in total. The highest BCUT2D eigenvalue weighted by atomic mass is 16.6. The first kappa shape index (κ1) is 15.1. The number of H-pyrrole nitrogens is 3. The molecule has 0 aliphatic carbocycles. The molecule has 0 unspecified atom stereocenters. The van der Waals surface area contributed by atoms with E-state index in [9.17, 15) is 20.1 Å². The lowest BCUT2D eigenvalue weighted by Gasteiger charge is -2.27. The predicted octanol–water partition coefficient (Wildman–Crippen LogP) is -1.51. The molecule has 4 rings (SSSR count). The molecule has 0 radical (unpaired) electrons. The van der Waals surface area contributed by atoms with Gasteiger partial charge in [-0.05, 0) is 6.92 Å². The lowest BCUT2D eigenvalue weighted by molar-refractivity contribution is -0.102. The fraction of sp³-hybridized carbons (Fsp3) is 0.462. The van der Waals surface area contributed by atoms with Crippen LogP contribution in [-0.4, -0.2) is 69.9 Å². The van der Waals surface area contributed by atoms with Crippen LogP contribution in [0.4, 0.5) is 0 Å². The van der Waals surface area contributed by atoms with E-state index in [1.54, 1.807) is 0 Å². The van der Waals surface area contributed by atoms with Gasteiger partial charge in [-0.15, -0.1) is 0 Å². The molecule has 4 atom stereocenters. The van der Waals surface area contributed by atoms with Crippen molar-refractivity contribution in [1.29, 1.82) is 0 Å². The Morgan fingerprint density at radius 1 is 1.50 bits per heavy atom. The van der Waals surface area contributed by atoms with Gasteiger partial charge in [0.25, 0.3) is 5.56 Å². The summed E-state index contributed by atoms with van der Waals surface area (Å²) in [6, 6.07) is 0. The zero-order valence-corrected chi connectivity index (χ0v) is 12.6. The van der Waals surface area contributed by atoms with E-state index in [4.69, 9.17) is 4.74 Å². The summed E-state index contributed by atoms with van der Waals surface area (Å²) in [5.74, 6) is 0. The van der Waals surface area contributed by atoms with Crippen LogP contribution in [0.15, 0.2) is 17.2 Å². The Bertz CT molecular complexity index is 982. The van der Waals surface area contributed by atoms with Gasteiger partial charge in [-0.3, -0.25) is 9.89 Å². The topological polar surface area (TPSA) is 165 Å². The maximum Gasteiger partial charge on any atom is 0.274 e. The number of ether oxygens (including phenoxy) is 1. The molecule has 1 aliphatic rings. The molecule has 1 fully saturated rings. The molecule has 128 valence electrons. The number of aliphatic hydroxyl groups is 3. The molecule has 4 heterocycles. The Hall–Kier alpha value is -2.47. The third-order valence-electron chi connectivity index (χ3n) is 4.34. The van der Waals surface area contributed by atoms with Crippen molar-refractivity contribution in [1.82, 2.24) is 30.2 Å². The maximum atomic E-state index is 12.0. The molecule has 0 spiro atoms. The lowest BCUT2D eigenvalue weighted by atomic mass is 9.97. The average molecular weight is 336 g/mol. The molecule has 0 saturated carbocycles. The fourth-order valence-electron chi connectivity index (χ4n) is 3.08. The summed E-state index contributed by atoms with van der Waals surface area (Å²) >= 11 is 0. The van der Waals surface area contributed by atoms with Gasteiger partial charge in [-0.25, -0.2) is 9.90 Å². The SMILES string of the molecule is C[C@@]1(O)[C@H](O)[C@@H](CO)O[C@H]1n1cc2[nH]c(=O)c3[nH][nH]ncc(n1)c23. The molecule has 1 aliphatic heterocycles. The Morgan fingerprint density at radius 3 is 3.00 bits per heavy atom. The van der Waals surface area contributed by atoms with Crippen LogP contribution in [0, 0.1) is 0 Å². The third kappa shape index (κ3) is 1.96. The number of nitrogens with zero attached hydrogens (tertiary/aromatic N) is 3. The zero-order chi connectivity index (χ0) is 17.1. The smallest absolute Gasteiger partial charge is 0.274 e. The minimum Gasteiger partial charge on any atom is -0.394 e. The number of hydrogen-bond donors (Lipinski definition) is 6. The van der Waals surface area contributed by atoms with Crippen LogP contribution >= 0.6 is 0 Å². The van der Waals surface area contributed by atoms with Gasteiger partial charge < -0.3 is 25.0 Å². The van der Waals surface area contributed by atoms with E-state index in [0.29, 0.717) is 16.4 Å². The largest absolute Gasteiger partial charge is 0.394 e. The van der Waals surface area contributed by atoms with Gasteiger partial charge in [0.05, 0.1) is 29.9 Å². The summed E-state index contributed by atoms with van der Waals surface area (Å²) in [5.41, 5.74) is -0.913. The van der Waals surface area contributed by atoms with E-state index < -0.39 is 30.6 Å².